The van der Waals surface area contributed by atoms with Crippen molar-refractivity contribution in [1.29, 1.82) is 0 Å². The molecule has 1 heterocycles. The molecule has 3 unspecified atom stereocenters. The van der Waals surface area contributed by atoms with Crippen molar-refractivity contribution < 1.29 is 18.8 Å². The van der Waals surface area contributed by atoms with E-state index in [1.165, 1.54) is 0 Å². The fourth-order valence-electron chi connectivity index (χ4n) is 3.74. The van der Waals surface area contributed by atoms with Crippen molar-refractivity contribution in [1.82, 2.24) is 0 Å². The highest BCUT2D eigenvalue weighted by Gasteiger charge is 2.47. The number of hydrogen-bond acceptors (Lipinski definition) is 4. The first-order valence-corrected chi connectivity index (χ1v) is 15.4. The van der Waals surface area contributed by atoms with Gasteiger partial charge in [0.15, 0.2) is 8.32 Å². The van der Waals surface area contributed by atoms with E-state index in [0.29, 0.717) is 19.6 Å². The molecule has 1 N–H and O–H groups in total. The third-order valence-electron chi connectivity index (χ3n) is 6.68. The highest BCUT2D eigenvalue weighted by atomic mass is 31.2. The van der Waals surface area contributed by atoms with Gasteiger partial charge in [0.05, 0.1) is 18.4 Å². The zero-order valence-electron chi connectivity index (χ0n) is 18.7. The second kappa shape index (κ2) is 9.10. The van der Waals surface area contributed by atoms with Crippen LogP contribution in [0.25, 0.3) is 0 Å². The van der Waals surface area contributed by atoms with Crippen LogP contribution < -0.4 is 10.6 Å². The van der Waals surface area contributed by atoms with Crippen molar-refractivity contribution in [3.05, 3.63) is 60.7 Å². The molecule has 1 saturated heterocycles. The van der Waals surface area contributed by atoms with E-state index in [9.17, 15) is 9.67 Å². The van der Waals surface area contributed by atoms with Gasteiger partial charge in [-0.1, -0.05) is 81.4 Å². The van der Waals surface area contributed by atoms with Crippen LogP contribution in [0.4, 0.5) is 0 Å². The second-order valence-corrected chi connectivity index (χ2v) is 17.5. The summed E-state index contributed by atoms with van der Waals surface area (Å²) in [5.74, 6) is 0. The number of aliphatic hydroxyl groups is 1. The largest absolute Gasteiger partial charge is 0.414 e. The third-order valence-corrected chi connectivity index (χ3v) is 14.8. The van der Waals surface area contributed by atoms with E-state index in [1.54, 1.807) is 0 Å². The maximum absolute atomic E-state index is 14.6. The first kappa shape index (κ1) is 23.4. The molecule has 0 saturated carbocycles. The summed E-state index contributed by atoms with van der Waals surface area (Å²) in [5, 5.41) is 13.0. The number of ether oxygens (including phenoxy) is 1. The van der Waals surface area contributed by atoms with Crippen LogP contribution in [-0.2, 0) is 13.7 Å². The summed E-state index contributed by atoms with van der Waals surface area (Å²) in [6, 6.07) is 19.2. The van der Waals surface area contributed by atoms with Gasteiger partial charge in [0.2, 0.25) is 0 Å². The van der Waals surface area contributed by atoms with Crippen molar-refractivity contribution in [3.8, 4) is 0 Å². The van der Waals surface area contributed by atoms with Crippen LogP contribution in [0.5, 0.6) is 0 Å². The van der Waals surface area contributed by atoms with E-state index in [0.717, 1.165) is 10.6 Å². The van der Waals surface area contributed by atoms with Crippen LogP contribution in [-0.4, -0.2) is 44.5 Å². The Balaban J connectivity index is 1.91. The summed E-state index contributed by atoms with van der Waals surface area (Å²) in [4.78, 5) is 0. The first-order valence-electron chi connectivity index (χ1n) is 10.7. The van der Waals surface area contributed by atoms with Gasteiger partial charge in [0.1, 0.15) is 13.2 Å². The molecule has 0 radical (unpaired) electrons. The summed E-state index contributed by atoms with van der Waals surface area (Å²) in [5.41, 5.74) is -0.399. The molecule has 3 rings (SSSR count). The van der Waals surface area contributed by atoms with E-state index in [2.05, 4.69) is 33.9 Å². The predicted molar refractivity (Wildman–Crippen MR) is 127 cm³/mol. The minimum atomic E-state index is -3.06. The Morgan fingerprint density at radius 1 is 1.03 bits per heavy atom. The van der Waals surface area contributed by atoms with Gasteiger partial charge >= 0.3 is 0 Å². The van der Waals surface area contributed by atoms with Gasteiger partial charge in [-0.15, -0.1) is 0 Å². The van der Waals surface area contributed by atoms with Crippen molar-refractivity contribution in [2.45, 2.75) is 63.2 Å². The van der Waals surface area contributed by atoms with E-state index in [-0.39, 0.29) is 5.04 Å². The molecule has 0 amide bonds. The normalized spacial score (nSPS) is 23.3. The fraction of sp³-hybridized carbons (Fsp3) is 0.500. The van der Waals surface area contributed by atoms with Crippen molar-refractivity contribution in [2.24, 2.45) is 0 Å². The molecule has 1 aliphatic rings. The molecule has 0 spiro atoms. The highest BCUT2D eigenvalue weighted by Crippen LogP contribution is 2.53. The molecule has 2 aromatic rings. The lowest BCUT2D eigenvalue weighted by Crippen LogP contribution is -2.51. The van der Waals surface area contributed by atoms with Crippen LogP contribution in [0.15, 0.2) is 60.7 Å². The molecule has 0 bridgehead atoms. The lowest BCUT2D eigenvalue weighted by atomic mass is 10.1. The van der Waals surface area contributed by atoms with Gasteiger partial charge in [0.25, 0.3) is 0 Å². The summed E-state index contributed by atoms with van der Waals surface area (Å²) >= 11 is 0. The molecular formula is C24H35O4PSi. The number of benzene rings is 2. The first-order chi connectivity index (χ1) is 14.1. The van der Waals surface area contributed by atoms with Crippen molar-refractivity contribution >= 4 is 26.1 Å². The maximum Gasteiger partial charge on any atom is 0.192 e. The van der Waals surface area contributed by atoms with Gasteiger partial charge in [-0.3, -0.25) is 0 Å². The number of hydrogen-bond donors (Lipinski definition) is 1. The second-order valence-electron chi connectivity index (χ2n) is 9.66. The zero-order chi connectivity index (χ0) is 22.0. The monoisotopic (exact) mass is 446 g/mol. The van der Waals surface area contributed by atoms with E-state index < -0.39 is 33.3 Å². The molecule has 2 aromatic carbocycles. The lowest BCUT2D eigenvalue weighted by Gasteiger charge is -2.42. The molecule has 164 valence electrons. The third kappa shape index (κ3) is 4.66. The molecule has 6 heteroatoms. The predicted octanol–water partition coefficient (Wildman–Crippen LogP) is 4.54. The molecule has 30 heavy (non-hydrogen) atoms. The standard InChI is InChI=1S/C24H35O4PSi/c1-24(2,3)30(4,5)28-18-21-23(25)22(16-17-27-21)29(26,19-12-8-6-9-13-19)20-14-10-7-11-15-20/h6-15,21-23,25H,16-18H2,1-5H3. The van der Waals surface area contributed by atoms with Gasteiger partial charge in [0, 0.05) is 17.2 Å². The molecular weight excluding hydrogens is 411 g/mol. The minimum absolute atomic E-state index is 0.0788. The van der Waals surface area contributed by atoms with Crippen LogP contribution in [0.1, 0.15) is 27.2 Å². The number of aliphatic hydroxyl groups excluding tert-OH is 1. The fourth-order valence-corrected chi connectivity index (χ4v) is 8.14. The Morgan fingerprint density at radius 3 is 2.00 bits per heavy atom. The smallest absolute Gasteiger partial charge is 0.192 e. The van der Waals surface area contributed by atoms with Gasteiger partial charge in [-0.2, -0.15) is 0 Å². The van der Waals surface area contributed by atoms with Gasteiger partial charge in [-0.25, -0.2) is 0 Å². The van der Waals surface area contributed by atoms with Crippen molar-refractivity contribution in [2.75, 3.05) is 13.2 Å². The highest BCUT2D eigenvalue weighted by molar-refractivity contribution is 7.79. The van der Waals surface area contributed by atoms with Crippen molar-refractivity contribution in [3.63, 3.8) is 0 Å². The summed E-state index contributed by atoms with van der Waals surface area (Å²) in [6.45, 7) is 11.8. The van der Waals surface area contributed by atoms with Crippen LogP contribution in [0.3, 0.4) is 0 Å². The van der Waals surface area contributed by atoms with E-state index >= 15 is 0 Å². The molecule has 1 aliphatic heterocycles. The number of rotatable bonds is 6. The molecule has 1 fully saturated rings. The van der Waals surface area contributed by atoms with E-state index in [1.807, 2.05) is 60.7 Å². The maximum atomic E-state index is 14.6. The summed E-state index contributed by atoms with van der Waals surface area (Å²) in [6.07, 6.45) is -0.771. The SMILES string of the molecule is CC(C)(C)[Si](C)(C)OCC1OCCC(P(=O)(c2ccccc2)c2ccccc2)C1O. The molecule has 4 nitrogen and oxygen atoms in total. The Bertz CT molecular complexity index is 820. The Hall–Kier alpha value is -1.23. The topological polar surface area (TPSA) is 55.8 Å². The zero-order valence-corrected chi connectivity index (χ0v) is 20.6. The van der Waals surface area contributed by atoms with Gasteiger partial charge < -0.3 is 18.8 Å². The van der Waals surface area contributed by atoms with Crippen LogP contribution in [0.2, 0.25) is 18.1 Å². The van der Waals surface area contributed by atoms with Crippen LogP contribution >= 0.6 is 7.14 Å². The van der Waals surface area contributed by atoms with Crippen LogP contribution in [0, 0.1) is 0 Å². The average molecular weight is 447 g/mol. The van der Waals surface area contributed by atoms with Gasteiger partial charge in [-0.05, 0) is 24.6 Å². The quantitative estimate of drug-likeness (QED) is 0.523. The molecule has 0 aromatic heterocycles. The Morgan fingerprint density at radius 2 is 1.53 bits per heavy atom. The summed E-state index contributed by atoms with van der Waals surface area (Å²) in [7, 11) is -5.04. The lowest BCUT2D eigenvalue weighted by molar-refractivity contribution is -0.0896. The minimum Gasteiger partial charge on any atom is -0.414 e. The summed E-state index contributed by atoms with van der Waals surface area (Å²) < 4.78 is 26.9. The average Bonchev–Trinajstić information content (AvgIpc) is 2.73. The molecule has 3 atom stereocenters. The Kier molecular flexibility index (Phi) is 7.10. The molecule has 0 aliphatic carbocycles. The van der Waals surface area contributed by atoms with E-state index in [4.69, 9.17) is 9.16 Å². The Labute approximate surface area is 182 Å².